The predicted molar refractivity (Wildman–Crippen MR) is 147 cm³/mol. The Kier molecular flexibility index (Phi) is 8.45. The molecule has 0 saturated carbocycles. The Morgan fingerprint density at radius 2 is 1.74 bits per heavy atom. The first-order valence-corrected chi connectivity index (χ1v) is 14.3. The molecule has 9 heteroatoms. The summed E-state index contributed by atoms with van der Waals surface area (Å²) in [6.07, 6.45) is 3.47. The Morgan fingerprint density at radius 3 is 2.42 bits per heavy atom. The number of hydrogen-bond acceptors (Lipinski definition) is 5. The van der Waals surface area contributed by atoms with E-state index in [1.54, 1.807) is 0 Å². The number of benzene rings is 2. The maximum atomic E-state index is 13.4. The van der Waals surface area contributed by atoms with Gasteiger partial charge in [-0.05, 0) is 55.4 Å². The fourth-order valence-corrected chi connectivity index (χ4v) is 5.92. The van der Waals surface area contributed by atoms with Crippen LogP contribution >= 0.6 is 15.9 Å². The van der Waals surface area contributed by atoms with E-state index in [0.29, 0.717) is 39.1 Å². The Hall–Kier alpha value is -2.75. The highest BCUT2D eigenvalue weighted by Crippen LogP contribution is 2.31. The first-order valence-electron chi connectivity index (χ1n) is 13.5. The van der Waals surface area contributed by atoms with Crippen molar-refractivity contribution in [2.75, 3.05) is 32.8 Å². The molecule has 2 N–H and O–H groups in total. The van der Waals surface area contributed by atoms with Crippen molar-refractivity contribution in [2.24, 2.45) is 5.92 Å². The summed E-state index contributed by atoms with van der Waals surface area (Å²) in [4.78, 5) is 42.7. The minimum absolute atomic E-state index is 0.00199. The number of nitrogens with zero attached hydrogens (tertiary/aromatic N) is 2. The van der Waals surface area contributed by atoms with Crippen LogP contribution in [0.25, 0.3) is 0 Å². The smallest absolute Gasteiger partial charge is 0.325 e. The van der Waals surface area contributed by atoms with Crippen LogP contribution in [0.15, 0.2) is 59.1 Å². The van der Waals surface area contributed by atoms with Crippen LogP contribution in [0.4, 0.5) is 4.79 Å². The van der Waals surface area contributed by atoms with Crippen molar-refractivity contribution in [3.63, 3.8) is 0 Å². The molecule has 0 bridgehead atoms. The number of likely N-dealkylation sites (tertiary alicyclic amines) is 1. The summed E-state index contributed by atoms with van der Waals surface area (Å²) in [6.45, 7) is 3.78. The number of urea groups is 1. The van der Waals surface area contributed by atoms with Gasteiger partial charge in [0.1, 0.15) is 5.54 Å². The molecular weight excluding hydrogens is 548 g/mol. The fraction of sp³-hybridized carbons (Fsp3) is 0.483. The van der Waals surface area contributed by atoms with E-state index in [1.807, 2.05) is 42.5 Å². The van der Waals surface area contributed by atoms with Gasteiger partial charge in [0.25, 0.3) is 5.91 Å². The standard InChI is InChI=1S/C29H35BrN4O4/c30-24-8-6-21(7-9-24)20-34-27(36)29(32-28(34)37)13-16-33(17-14-29)15-10-25(22-4-2-1-3-5-22)31-26(35)23-11-18-38-19-12-23/h1-9,23,25H,10-20H2,(H,31,35)(H,32,37)/t25-/m0/s1. The maximum absolute atomic E-state index is 13.4. The van der Waals surface area contributed by atoms with Crippen molar-refractivity contribution in [1.82, 2.24) is 20.4 Å². The summed E-state index contributed by atoms with van der Waals surface area (Å²) in [5.41, 5.74) is 1.20. The lowest BCUT2D eigenvalue weighted by atomic mass is 9.87. The molecule has 3 fully saturated rings. The van der Waals surface area contributed by atoms with Crippen LogP contribution in [-0.4, -0.2) is 66.0 Å². The molecule has 0 aliphatic carbocycles. The number of amides is 4. The first kappa shape index (κ1) is 26.8. The van der Waals surface area contributed by atoms with Gasteiger partial charge < -0.3 is 20.3 Å². The van der Waals surface area contributed by atoms with Crippen LogP contribution in [0.2, 0.25) is 0 Å². The Morgan fingerprint density at radius 1 is 1.05 bits per heavy atom. The quantitative estimate of drug-likeness (QED) is 0.459. The zero-order valence-corrected chi connectivity index (χ0v) is 23.1. The molecule has 0 unspecified atom stereocenters. The summed E-state index contributed by atoms with van der Waals surface area (Å²) in [7, 11) is 0. The number of carbonyl (C=O) groups is 3. The van der Waals surface area contributed by atoms with Crippen molar-refractivity contribution < 1.29 is 19.1 Å². The molecule has 8 nitrogen and oxygen atoms in total. The minimum Gasteiger partial charge on any atom is -0.381 e. The molecule has 2 aromatic rings. The van der Waals surface area contributed by atoms with Crippen LogP contribution in [-0.2, 0) is 20.9 Å². The summed E-state index contributed by atoms with van der Waals surface area (Å²) in [6, 6.07) is 17.4. The van der Waals surface area contributed by atoms with E-state index < -0.39 is 5.54 Å². The minimum atomic E-state index is -0.820. The molecule has 5 rings (SSSR count). The predicted octanol–water partition coefficient (Wildman–Crippen LogP) is 4.01. The second-order valence-electron chi connectivity index (χ2n) is 10.5. The van der Waals surface area contributed by atoms with E-state index in [9.17, 15) is 14.4 Å². The van der Waals surface area contributed by atoms with Gasteiger partial charge in [-0.3, -0.25) is 14.5 Å². The third-order valence-electron chi connectivity index (χ3n) is 8.05. The summed E-state index contributed by atoms with van der Waals surface area (Å²) >= 11 is 3.42. The van der Waals surface area contributed by atoms with Crippen molar-refractivity contribution in [1.29, 1.82) is 0 Å². The molecule has 2 aromatic carbocycles. The van der Waals surface area contributed by atoms with Gasteiger partial charge in [-0.1, -0.05) is 58.4 Å². The van der Waals surface area contributed by atoms with Gasteiger partial charge in [-0.2, -0.15) is 0 Å². The molecule has 3 aliphatic rings. The van der Waals surface area contributed by atoms with Crippen LogP contribution in [0.3, 0.4) is 0 Å². The molecule has 4 amide bonds. The van der Waals surface area contributed by atoms with Gasteiger partial charge in [0, 0.05) is 43.2 Å². The molecule has 0 aromatic heterocycles. The van der Waals surface area contributed by atoms with Crippen LogP contribution in [0.1, 0.15) is 49.3 Å². The van der Waals surface area contributed by atoms with Crippen molar-refractivity contribution in [2.45, 2.75) is 50.2 Å². The second kappa shape index (κ2) is 12.0. The number of nitrogens with one attached hydrogen (secondary N) is 2. The number of halogens is 1. The van der Waals surface area contributed by atoms with Crippen molar-refractivity contribution in [3.05, 3.63) is 70.2 Å². The molecule has 3 heterocycles. The van der Waals surface area contributed by atoms with Crippen molar-refractivity contribution >= 4 is 33.8 Å². The lowest BCUT2D eigenvalue weighted by Gasteiger charge is -2.38. The molecule has 3 aliphatic heterocycles. The van der Waals surface area contributed by atoms with Crippen LogP contribution in [0, 0.1) is 5.92 Å². The highest BCUT2D eigenvalue weighted by Gasteiger charge is 2.52. The fourth-order valence-electron chi connectivity index (χ4n) is 5.66. The van der Waals surface area contributed by atoms with E-state index in [-0.39, 0.29) is 36.3 Å². The zero-order chi connectivity index (χ0) is 26.5. The highest BCUT2D eigenvalue weighted by atomic mass is 79.9. The molecular formula is C29H35BrN4O4. The number of carbonyl (C=O) groups excluding carboxylic acids is 3. The second-order valence-corrected chi connectivity index (χ2v) is 11.4. The van der Waals surface area contributed by atoms with Gasteiger partial charge in [0.05, 0.1) is 12.6 Å². The van der Waals surface area contributed by atoms with Crippen LogP contribution in [0.5, 0.6) is 0 Å². The first-order chi connectivity index (χ1) is 18.4. The summed E-state index contributed by atoms with van der Waals surface area (Å²) < 4.78 is 6.38. The van der Waals surface area contributed by atoms with E-state index in [4.69, 9.17) is 4.74 Å². The third-order valence-corrected chi connectivity index (χ3v) is 8.58. The van der Waals surface area contributed by atoms with E-state index >= 15 is 0 Å². The van der Waals surface area contributed by atoms with Gasteiger partial charge in [-0.15, -0.1) is 0 Å². The zero-order valence-electron chi connectivity index (χ0n) is 21.5. The van der Waals surface area contributed by atoms with Crippen LogP contribution < -0.4 is 10.6 Å². The maximum Gasteiger partial charge on any atom is 0.325 e. The normalized spacial score (nSPS) is 20.9. The third kappa shape index (κ3) is 6.11. The topological polar surface area (TPSA) is 91.0 Å². The molecule has 0 radical (unpaired) electrons. The Balaban J connectivity index is 1.17. The monoisotopic (exact) mass is 582 g/mol. The Bertz CT molecular complexity index is 1130. The van der Waals surface area contributed by atoms with Gasteiger partial charge in [0.15, 0.2) is 0 Å². The van der Waals surface area contributed by atoms with E-state index in [1.165, 1.54) is 4.90 Å². The number of imide groups is 1. The van der Waals surface area contributed by atoms with Gasteiger partial charge >= 0.3 is 6.03 Å². The van der Waals surface area contributed by atoms with Crippen molar-refractivity contribution in [3.8, 4) is 0 Å². The highest BCUT2D eigenvalue weighted by molar-refractivity contribution is 9.10. The average molecular weight is 584 g/mol. The number of piperidine rings is 1. The SMILES string of the molecule is O=C(N[C@@H](CCN1CCC2(CC1)NC(=O)N(Cc1ccc(Br)cc1)C2=O)c1ccccc1)C1CCOCC1. The largest absolute Gasteiger partial charge is 0.381 e. The summed E-state index contributed by atoms with van der Waals surface area (Å²) in [5.74, 6) is -0.0250. The average Bonchev–Trinajstić information content (AvgIpc) is 3.17. The van der Waals surface area contributed by atoms with Gasteiger partial charge in [-0.25, -0.2) is 4.79 Å². The number of ether oxygens (including phenoxy) is 1. The van der Waals surface area contributed by atoms with E-state index in [2.05, 4.69) is 43.6 Å². The molecule has 1 atom stereocenters. The lowest BCUT2D eigenvalue weighted by molar-refractivity contribution is -0.133. The number of rotatable bonds is 8. The molecule has 3 saturated heterocycles. The molecule has 1 spiro atoms. The Labute approximate surface area is 232 Å². The van der Waals surface area contributed by atoms with E-state index in [0.717, 1.165) is 41.4 Å². The van der Waals surface area contributed by atoms with Gasteiger partial charge in [0.2, 0.25) is 5.91 Å². The molecule has 38 heavy (non-hydrogen) atoms. The summed E-state index contributed by atoms with van der Waals surface area (Å²) in [5, 5.41) is 6.30. The number of hydrogen-bond donors (Lipinski definition) is 2. The molecule has 202 valence electrons. The lowest BCUT2D eigenvalue weighted by Crippen LogP contribution is -2.55.